The van der Waals surface area contributed by atoms with Crippen molar-refractivity contribution in [3.8, 4) is 0 Å². The molecule has 2 unspecified atom stereocenters. The van der Waals surface area contributed by atoms with E-state index in [9.17, 15) is 19.2 Å². The van der Waals surface area contributed by atoms with Crippen LogP contribution in [0.1, 0.15) is 33.4 Å². The molecule has 40 heavy (non-hydrogen) atoms. The van der Waals surface area contributed by atoms with Crippen molar-refractivity contribution < 1.29 is 19.2 Å². The summed E-state index contributed by atoms with van der Waals surface area (Å²) in [6.45, 7) is 3.96. The van der Waals surface area contributed by atoms with Gasteiger partial charge in [0.2, 0.25) is 0 Å². The van der Waals surface area contributed by atoms with Crippen molar-refractivity contribution in [3.63, 3.8) is 0 Å². The molecular weight excluding hydrogens is 504 g/mol. The van der Waals surface area contributed by atoms with Crippen LogP contribution in [0.3, 0.4) is 0 Å². The molecule has 2 fully saturated rings. The Balaban J connectivity index is 0.000000161. The lowest BCUT2D eigenvalue weighted by Gasteiger charge is -2.27. The zero-order valence-corrected chi connectivity index (χ0v) is 22.0. The number of carbonyl (C=O) groups excluding carboxylic acids is 4. The van der Waals surface area contributed by atoms with Crippen LogP contribution >= 0.6 is 0 Å². The molecule has 4 N–H and O–H groups in total. The van der Waals surface area contributed by atoms with E-state index in [1.54, 1.807) is 0 Å². The summed E-state index contributed by atoms with van der Waals surface area (Å²) >= 11 is 0. The summed E-state index contributed by atoms with van der Waals surface area (Å²) in [4.78, 5) is 48.1. The zero-order valence-electron chi connectivity index (χ0n) is 22.0. The molecule has 8 nitrogen and oxygen atoms in total. The van der Waals surface area contributed by atoms with Crippen LogP contribution in [-0.2, 0) is 20.7 Å². The molecule has 200 valence electrons. The number of imide groups is 2. The van der Waals surface area contributed by atoms with Crippen LogP contribution < -0.4 is 21.3 Å². The standard InChI is InChI=1S/2C16H14N2O2/c2*1-11-7-9-13(10-8-11)16(12-5-3-2-4-6-12)14(19)17-15(20)18-16/h2*2-10H,1H3,(H2,17,18,19,20). The first-order valence-corrected chi connectivity index (χ1v) is 12.8. The van der Waals surface area contributed by atoms with Crippen LogP contribution in [0, 0.1) is 13.8 Å². The zero-order chi connectivity index (χ0) is 28.3. The highest BCUT2D eigenvalue weighted by Gasteiger charge is 2.50. The van der Waals surface area contributed by atoms with Crippen LogP contribution in [0.5, 0.6) is 0 Å². The van der Waals surface area contributed by atoms with Gasteiger partial charge in [0.15, 0.2) is 11.1 Å². The third-order valence-electron chi connectivity index (χ3n) is 7.12. The maximum atomic E-state index is 12.4. The first-order valence-electron chi connectivity index (χ1n) is 12.8. The van der Waals surface area contributed by atoms with Gasteiger partial charge >= 0.3 is 12.1 Å². The number of amides is 6. The van der Waals surface area contributed by atoms with Crippen LogP contribution in [-0.4, -0.2) is 23.9 Å². The quantitative estimate of drug-likeness (QED) is 0.296. The van der Waals surface area contributed by atoms with Crippen molar-refractivity contribution in [3.05, 3.63) is 143 Å². The number of hydrogen-bond acceptors (Lipinski definition) is 4. The number of carbonyl (C=O) groups is 4. The summed E-state index contributed by atoms with van der Waals surface area (Å²) in [6.07, 6.45) is 0. The fourth-order valence-corrected chi connectivity index (χ4v) is 5.04. The highest BCUT2D eigenvalue weighted by molar-refractivity contribution is 6.10. The summed E-state index contributed by atoms with van der Waals surface area (Å²) in [5.41, 5.74) is 2.89. The van der Waals surface area contributed by atoms with Gasteiger partial charge in [-0.15, -0.1) is 0 Å². The van der Waals surface area contributed by atoms with Gasteiger partial charge in [0.1, 0.15) is 0 Å². The molecule has 0 aliphatic carbocycles. The lowest BCUT2D eigenvalue weighted by molar-refractivity contribution is -0.123. The minimum atomic E-state index is -1.15. The second kappa shape index (κ2) is 10.5. The van der Waals surface area contributed by atoms with Gasteiger partial charge in [-0.1, -0.05) is 120 Å². The third-order valence-corrected chi connectivity index (χ3v) is 7.12. The number of benzene rings is 4. The molecule has 0 spiro atoms. The maximum Gasteiger partial charge on any atom is 0.322 e. The van der Waals surface area contributed by atoms with Gasteiger partial charge in [-0.05, 0) is 36.1 Å². The Bertz CT molecular complexity index is 1450. The fraction of sp³-hybridized carbons (Fsp3) is 0.125. The molecule has 2 heterocycles. The fourth-order valence-electron chi connectivity index (χ4n) is 5.04. The summed E-state index contributed by atoms with van der Waals surface area (Å²) in [7, 11) is 0. The molecule has 0 aromatic heterocycles. The molecular formula is C32H28N4O4. The monoisotopic (exact) mass is 532 g/mol. The van der Waals surface area contributed by atoms with Crippen LogP contribution in [0.2, 0.25) is 0 Å². The molecule has 2 aliphatic rings. The Hall–Kier alpha value is -5.24. The predicted octanol–water partition coefficient (Wildman–Crippen LogP) is 4.16. The maximum absolute atomic E-state index is 12.4. The molecule has 0 radical (unpaired) electrons. The molecule has 2 aliphatic heterocycles. The Morgan fingerprint density at radius 3 is 1.00 bits per heavy atom. The van der Waals surface area contributed by atoms with E-state index < -0.39 is 23.1 Å². The topological polar surface area (TPSA) is 116 Å². The molecule has 0 bridgehead atoms. The van der Waals surface area contributed by atoms with E-state index in [2.05, 4.69) is 21.3 Å². The Morgan fingerprint density at radius 1 is 0.425 bits per heavy atom. The van der Waals surface area contributed by atoms with Crippen molar-refractivity contribution in [2.75, 3.05) is 0 Å². The summed E-state index contributed by atoms with van der Waals surface area (Å²) in [5, 5.41) is 10.2. The summed E-state index contributed by atoms with van der Waals surface area (Å²) < 4.78 is 0. The van der Waals surface area contributed by atoms with E-state index in [-0.39, 0.29) is 11.8 Å². The molecule has 4 aromatic carbocycles. The smallest absolute Gasteiger partial charge is 0.316 e. The van der Waals surface area contributed by atoms with Crippen LogP contribution in [0.4, 0.5) is 9.59 Å². The van der Waals surface area contributed by atoms with Crippen LogP contribution in [0.15, 0.2) is 109 Å². The number of rotatable bonds is 4. The van der Waals surface area contributed by atoms with E-state index in [0.29, 0.717) is 0 Å². The second-order valence-corrected chi connectivity index (χ2v) is 9.78. The van der Waals surface area contributed by atoms with Crippen molar-refractivity contribution >= 4 is 23.9 Å². The first-order chi connectivity index (χ1) is 19.3. The second-order valence-electron chi connectivity index (χ2n) is 9.78. The Labute approximate surface area is 231 Å². The molecule has 0 saturated carbocycles. The van der Waals surface area contributed by atoms with E-state index in [1.807, 2.05) is 123 Å². The number of nitrogens with one attached hydrogen (secondary N) is 4. The Morgan fingerprint density at radius 2 is 0.725 bits per heavy atom. The van der Waals surface area contributed by atoms with Gasteiger partial charge in [0.25, 0.3) is 11.8 Å². The highest BCUT2D eigenvalue weighted by Crippen LogP contribution is 2.34. The molecule has 2 saturated heterocycles. The molecule has 2 atom stereocenters. The van der Waals surface area contributed by atoms with E-state index in [4.69, 9.17) is 0 Å². The average Bonchev–Trinajstić information content (AvgIpc) is 3.45. The van der Waals surface area contributed by atoms with E-state index in [0.717, 1.165) is 33.4 Å². The predicted molar refractivity (Wildman–Crippen MR) is 150 cm³/mol. The van der Waals surface area contributed by atoms with Gasteiger partial charge < -0.3 is 10.6 Å². The third kappa shape index (κ3) is 4.60. The van der Waals surface area contributed by atoms with Gasteiger partial charge in [0.05, 0.1) is 0 Å². The normalized spacial score (nSPS) is 21.4. The lowest BCUT2D eigenvalue weighted by Crippen LogP contribution is -2.44. The van der Waals surface area contributed by atoms with Gasteiger partial charge in [-0.3, -0.25) is 20.2 Å². The number of aryl methyl sites for hydroxylation is 2. The highest BCUT2D eigenvalue weighted by atomic mass is 16.2. The molecule has 6 rings (SSSR count). The summed E-state index contributed by atoms with van der Waals surface area (Å²) in [5.74, 6) is -0.699. The van der Waals surface area contributed by atoms with Crippen molar-refractivity contribution in [2.45, 2.75) is 24.9 Å². The van der Waals surface area contributed by atoms with E-state index >= 15 is 0 Å². The number of urea groups is 2. The molecule has 6 amide bonds. The largest absolute Gasteiger partial charge is 0.322 e. The van der Waals surface area contributed by atoms with Crippen LogP contribution in [0.25, 0.3) is 0 Å². The summed E-state index contributed by atoms with van der Waals surface area (Å²) in [6, 6.07) is 32.7. The Kier molecular flexibility index (Phi) is 6.92. The van der Waals surface area contributed by atoms with Crippen molar-refractivity contribution in [1.29, 1.82) is 0 Å². The van der Waals surface area contributed by atoms with Gasteiger partial charge in [-0.25, -0.2) is 9.59 Å². The number of hydrogen-bond donors (Lipinski definition) is 4. The van der Waals surface area contributed by atoms with E-state index in [1.165, 1.54) is 0 Å². The average molecular weight is 533 g/mol. The minimum absolute atomic E-state index is 0.349. The molecule has 4 aromatic rings. The minimum Gasteiger partial charge on any atom is -0.316 e. The molecule has 8 heteroatoms. The first kappa shape index (κ1) is 26.4. The SMILES string of the molecule is Cc1ccc(C2(c3ccccc3)NC(=O)NC2=O)cc1.Cc1ccc(C2(c3ccccc3)NC(=O)NC2=O)cc1. The van der Waals surface area contributed by atoms with Crippen molar-refractivity contribution in [1.82, 2.24) is 21.3 Å². The van der Waals surface area contributed by atoms with Gasteiger partial charge in [-0.2, -0.15) is 0 Å². The van der Waals surface area contributed by atoms with Crippen molar-refractivity contribution in [2.24, 2.45) is 0 Å². The lowest BCUT2D eigenvalue weighted by atomic mass is 9.82. The van der Waals surface area contributed by atoms with Gasteiger partial charge in [0, 0.05) is 0 Å².